The van der Waals surface area contributed by atoms with E-state index in [1.165, 1.54) is 28.6 Å². The second-order valence-electron chi connectivity index (χ2n) is 7.46. The molecule has 1 amide bonds. The molecule has 0 atom stereocenters. The Kier molecular flexibility index (Phi) is 10.5. The molecule has 1 aromatic heterocycles. The van der Waals surface area contributed by atoms with E-state index in [0.717, 1.165) is 24.4 Å². The number of fused-ring (bicyclic) bond motifs is 1. The number of H-pyrrole nitrogens is 1. The van der Waals surface area contributed by atoms with Gasteiger partial charge in [0.1, 0.15) is 5.82 Å². The zero-order valence-corrected chi connectivity index (χ0v) is 20.8. The lowest BCUT2D eigenvalue weighted by Gasteiger charge is -2.12. The van der Waals surface area contributed by atoms with Gasteiger partial charge in [-0.2, -0.15) is 0 Å². The molecule has 0 aliphatic heterocycles. The zero-order valence-electron chi connectivity index (χ0n) is 18.5. The number of aromatic nitrogens is 1. The van der Waals surface area contributed by atoms with Gasteiger partial charge >= 0.3 is 0 Å². The van der Waals surface area contributed by atoms with Gasteiger partial charge < -0.3 is 20.9 Å². The first kappa shape index (κ1) is 25.6. The summed E-state index contributed by atoms with van der Waals surface area (Å²) >= 11 is 0. The number of nitrogens with one attached hydrogen (secondary N) is 4. The van der Waals surface area contributed by atoms with E-state index >= 15 is 0 Å². The molecule has 3 rings (SSSR count). The van der Waals surface area contributed by atoms with Crippen molar-refractivity contribution in [3.8, 4) is 0 Å². The minimum Gasteiger partial charge on any atom is -0.361 e. The van der Waals surface area contributed by atoms with Crippen LogP contribution in [0.4, 0.5) is 4.39 Å². The maximum atomic E-state index is 13.2. The monoisotopic (exact) mass is 551 g/mol. The molecule has 172 valence electrons. The molecular weight excluding hydrogens is 520 g/mol. The van der Waals surface area contributed by atoms with E-state index in [2.05, 4.69) is 51.0 Å². The van der Waals surface area contributed by atoms with Gasteiger partial charge in [-0.3, -0.25) is 9.79 Å². The van der Waals surface area contributed by atoms with Gasteiger partial charge in [0, 0.05) is 43.3 Å². The smallest absolute Gasteiger partial charge is 0.224 e. The molecule has 1 heterocycles. The number of halogens is 2. The number of aliphatic imine (C=N–C) groups is 1. The Labute approximate surface area is 205 Å². The summed E-state index contributed by atoms with van der Waals surface area (Å²) in [6, 6.07) is 12.5. The molecule has 0 unspecified atom stereocenters. The minimum atomic E-state index is -0.332. The lowest BCUT2D eigenvalue weighted by atomic mass is 10.1. The van der Waals surface area contributed by atoms with Gasteiger partial charge in [0.25, 0.3) is 0 Å². The maximum Gasteiger partial charge on any atom is 0.224 e. The predicted octanol–water partition coefficient (Wildman–Crippen LogP) is 3.69. The van der Waals surface area contributed by atoms with Crippen LogP contribution in [-0.2, 0) is 17.6 Å². The lowest BCUT2D eigenvalue weighted by molar-refractivity contribution is -0.120. The van der Waals surface area contributed by atoms with Crippen molar-refractivity contribution in [3.63, 3.8) is 0 Å². The number of carbonyl (C=O) groups is 1. The van der Waals surface area contributed by atoms with Gasteiger partial charge in [0.05, 0.1) is 6.42 Å². The summed E-state index contributed by atoms with van der Waals surface area (Å²) in [4.78, 5) is 20.0. The predicted molar refractivity (Wildman–Crippen MR) is 139 cm³/mol. The first-order valence-corrected chi connectivity index (χ1v) is 10.6. The van der Waals surface area contributed by atoms with E-state index in [1.54, 1.807) is 12.1 Å². The van der Waals surface area contributed by atoms with Crippen molar-refractivity contribution in [2.45, 2.75) is 26.7 Å². The second kappa shape index (κ2) is 13.0. The molecule has 0 saturated carbocycles. The third-order valence-electron chi connectivity index (χ3n) is 4.91. The summed E-state index contributed by atoms with van der Waals surface area (Å²) in [6.07, 6.45) is 3.05. The average molecular weight is 551 g/mol. The Bertz CT molecular complexity index is 1050. The standard InChI is InChI=1S/C24H30FN5O.HI/c1-3-26-24(28-10-9-19-16-30-22-13-17(2)7-8-21(19)22)29-12-11-27-23(31)15-18-5-4-6-20(25)14-18;/h4-8,13-14,16,30H,3,9-12,15H2,1-2H3,(H,27,31)(H2,26,28,29);1H. The molecule has 0 fully saturated rings. The van der Waals surface area contributed by atoms with Crippen molar-refractivity contribution < 1.29 is 9.18 Å². The number of hydrogen-bond donors (Lipinski definition) is 4. The largest absolute Gasteiger partial charge is 0.361 e. The van der Waals surface area contributed by atoms with Crippen molar-refractivity contribution in [3.05, 3.63) is 71.2 Å². The van der Waals surface area contributed by atoms with Crippen LogP contribution in [0, 0.1) is 12.7 Å². The Balaban J connectivity index is 0.00000363. The number of aryl methyl sites for hydroxylation is 1. The maximum absolute atomic E-state index is 13.2. The van der Waals surface area contributed by atoms with Crippen LogP contribution >= 0.6 is 24.0 Å². The first-order chi connectivity index (χ1) is 15.0. The van der Waals surface area contributed by atoms with E-state index in [4.69, 9.17) is 0 Å². The highest BCUT2D eigenvalue weighted by atomic mass is 127. The first-order valence-electron chi connectivity index (χ1n) is 10.6. The van der Waals surface area contributed by atoms with Gasteiger partial charge in [-0.15, -0.1) is 24.0 Å². The van der Waals surface area contributed by atoms with E-state index < -0.39 is 0 Å². The fraction of sp³-hybridized carbons (Fsp3) is 0.333. The van der Waals surface area contributed by atoms with Gasteiger partial charge in [0.2, 0.25) is 5.91 Å². The van der Waals surface area contributed by atoms with Crippen LogP contribution in [0.3, 0.4) is 0 Å². The second-order valence-corrected chi connectivity index (χ2v) is 7.46. The van der Waals surface area contributed by atoms with E-state index in [9.17, 15) is 9.18 Å². The van der Waals surface area contributed by atoms with Crippen LogP contribution in [0.2, 0.25) is 0 Å². The number of benzene rings is 2. The molecule has 4 N–H and O–H groups in total. The summed E-state index contributed by atoms with van der Waals surface area (Å²) < 4.78 is 13.2. The summed E-state index contributed by atoms with van der Waals surface area (Å²) in [7, 11) is 0. The lowest BCUT2D eigenvalue weighted by Crippen LogP contribution is -2.41. The van der Waals surface area contributed by atoms with Crippen LogP contribution in [0.1, 0.15) is 23.6 Å². The third-order valence-corrected chi connectivity index (χ3v) is 4.91. The molecule has 8 heteroatoms. The molecule has 3 aromatic rings. The number of guanidine groups is 1. The number of carbonyl (C=O) groups excluding carboxylic acids is 1. The van der Waals surface area contributed by atoms with Crippen molar-refractivity contribution >= 4 is 46.7 Å². The highest BCUT2D eigenvalue weighted by Crippen LogP contribution is 2.19. The fourth-order valence-electron chi connectivity index (χ4n) is 3.41. The van der Waals surface area contributed by atoms with Gasteiger partial charge in [-0.05, 0) is 55.2 Å². The molecule has 6 nitrogen and oxygen atoms in total. The summed E-state index contributed by atoms with van der Waals surface area (Å²) in [5, 5.41) is 10.5. The Morgan fingerprint density at radius 3 is 2.69 bits per heavy atom. The third kappa shape index (κ3) is 7.81. The topological polar surface area (TPSA) is 81.3 Å². The van der Waals surface area contributed by atoms with Crippen LogP contribution < -0.4 is 16.0 Å². The molecule has 0 radical (unpaired) electrons. The van der Waals surface area contributed by atoms with Gasteiger partial charge in [-0.25, -0.2) is 4.39 Å². The molecule has 2 aromatic carbocycles. The molecule has 0 bridgehead atoms. The van der Waals surface area contributed by atoms with Crippen LogP contribution in [0.15, 0.2) is 53.7 Å². The normalized spacial score (nSPS) is 11.2. The summed E-state index contributed by atoms with van der Waals surface area (Å²) in [5.41, 5.74) is 4.30. The highest BCUT2D eigenvalue weighted by Gasteiger charge is 2.05. The fourth-order valence-corrected chi connectivity index (χ4v) is 3.41. The van der Waals surface area contributed by atoms with Crippen molar-refractivity contribution in [2.75, 3.05) is 26.2 Å². The number of rotatable bonds is 9. The summed E-state index contributed by atoms with van der Waals surface area (Å²) in [5.74, 6) is 0.252. The molecule has 0 saturated heterocycles. The minimum absolute atomic E-state index is 0. The van der Waals surface area contributed by atoms with Crippen molar-refractivity contribution in [2.24, 2.45) is 4.99 Å². The SMILES string of the molecule is CCNC(=NCCc1c[nH]c2cc(C)ccc12)NCCNC(=O)Cc1cccc(F)c1.I. The molecule has 0 spiro atoms. The van der Waals surface area contributed by atoms with E-state index in [-0.39, 0.29) is 42.1 Å². The Morgan fingerprint density at radius 2 is 1.91 bits per heavy atom. The quantitative estimate of drug-likeness (QED) is 0.142. The van der Waals surface area contributed by atoms with Crippen molar-refractivity contribution in [1.29, 1.82) is 0 Å². The number of aromatic amines is 1. The number of nitrogens with zero attached hydrogens (tertiary/aromatic N) is 1. The average Bonchev–Trinajstić information content (AvgIpc) is 3.13. The van der Waals surface area contributed by atoms with E-state index in [0.29, 0.717) is 25.2 Å². The number of hydrogen-bond acceptors (Lipinski definition) is 2. The highest BCUT2D eigenvalue weighted by molar-refractivity contribution is 14.0. The van der Waals surface area contributed by atoms with Crippen molar-refractivity contribution in [1.82, 2.24) is 20.9 Å². The number of amides is 1. The van der Waals surface area contributed by atoms with E-state index in [1.807, 2.05) is 13.1 Å². The molecule has 0 aliphatic carbocycles. The Hall–Kier alpha value is -2.62. The molecule has 32 heavy (non-hydrogen) atoms. The zero-order chi connectivity index (χ0) is 22.1. The Morgan fingerprint density at radius 1 is 1.09 bits per heavy atom. The van der Waals surface area contributed by atoms with Crippen LogP contribution in [0.5, 0.6) is 0 Å². The molecular formula is C24H31FIN5O. The molecule has 0 aliphatic rings. The van der Waals surface area contributed by atoms with Gasteiger partial charge in [0.15, 0.2) is 5.96 Å². The van der Waals surface area contributed by atoms with Gasteiger partial charge in [-0.1, -0.05) is 24.3 Å². The summed E-state index contributed by atoms with van der Waals surface area (Å²) in [6.45, 7) is 6.52. The van der Waals surface area contributed by atoms with Crippen LogP contribution in [-0.4, -0.2) is 43.0 Å². The van der Waals surface area contributed by atoms with Crippen LogP contribution in [0.25, 0.3) is 10.9 Å².